The summed E-state index contributed by atoms with van der Waals surface area (Å²) < 4.78 is 0. The molecule has 0 fully saturated rings. The lowest BCUT2D eigenvalue weighted by Gasteiger charge is -2.19. The minimum Gasteiger partial charge on any atom is -0.274 e. The van der Waals surface area contributed by atoms with E-state index >= 15 is 0 Å². The van der Waals surface area contributed by atoms with Gasteiger partial charge in [-0.3, -0.25) is 14.5 Å². The fourth-order valence-electron chi connectivity index (χ4n) is 2.81. The summed E-state index contributed by atoms with van der Waals surface area (Å²) in [6, 6.07) is 7.04. The van der Waals surface area contributed by atoms with Gasteiger partial charge in [0.25, 0.3) is 11.8 Å². The largest absolute Gasteiger partial charge is 0.274 e. The lowest BCUT2D eigenvalue weighted by Crippen LogP contribution is -2.31. The first kappa shape index (κ1) is 17.0. The molecule has 1 unspecified atom stereocenters. The summed E-state index contributed by atoms with van der Waals surface area (Å²) >= 11 is 6.19. The Hall–Kier alpha value is -1.35. The van der Waals surface area contributed by atoms with E-state index in [1.807, 2.05) is 13.8 Å². The van der Waals surface area contributed by atoms with Gasteiger partial charge in [-0.1, -0.05) is 31.9 Å². The maximum absolute atomic E-state index is 12.3. The Morgan fingerprint density at radius 2 is 1.64 bits per heavy atom. The molecule has 0 N–H and O–H groups in total. The minimum atomic E-state index is -0.158. The highest BCUT2D eigenvalue weighted by Crippen LogP contribution is 2.25. The van der Waals surface area contributed by atoms with Crippen LogP contribution in [0.4, 0.5) is 0 Å². The van der Waals surface area contributed by atoms with Crippen molar-refractivity contribution < 1.29 is 9.59 Å². The molecule has 1 aromatic carbocycles. The molecule has 4 heteroatoms. The maximum Gasteiger partial charge on any atom is 0.261 e. The van der Waals surface area contributed by atoms with Gasteiger partial charge >= 0.3 is 0 Å². The second-order valence-corrected chi connectivity index (χ2v) is 7.84. The quantitative estimate of drug-likeness (QED) is 0.548. The molecule has 0 aliphatic carbocycles. The predicted molar refractivity (Wildman–Crippen MR) is 89.4 cm³/mol. The van der Waals surface area contributed by atoms with Gasteiger partial charge in [0, 0.05) is 11.4 Å². The number of carbonyl (C=O) groups is 2. The summed E-state index contributed by atoms with van der Waals surface area (Å²) in [5.41, 5.74) is 1.06. The molecular weight excluding hydrogens is 298 g/mol. The zero-order valence-corrected chi connectivity index (χ0v) is 14.3. The van der Waals surface area contributed by atoms with E-state index in [-0.39, 0.29) is 16.7 Å². The third kappa shape index (κ3) is 4.10. The third-order valence-electron chi connectivity index (χ3n) is 4.19. The van der Waals surface area contributed by atoms with Crippen molar-refractivity contribution in [3.05, 3.63) is 35.4 Å². The monoisotopic (exact) mass is 321 g/mol. The molecule has 1 aromatic rings. The highest BCUT2D eigenvalue weighted by molar-refractivity contribution is 6.23. The van der Waals surface area contributed by atoms with E-state index in [2.05, 4.69) is 6.92 Å². The Morgan fingerprint density at radius 3 is 2.14 bits per heavy atom. The van der Waals surface area contributed by atoms with Gasteiger partial charge in [-0.15, -0.1) is 11.6 Å². The number of halogens is 1. The molecule has 1 aliphatic heterocycles. The highest BCUT2D eigenvalue weighted by Gasteiger charge is 2.34. The SMILES string of the molecule is CC(CCCC(C)(C)Cl)CCN1C(=O)c2ccccc2C1=O. The molecular formula is C18H24ClNO2. The molecule has 1 aliphatic rings. The van der Waals surface area contributed by atoms with Crippen molar-refractivity contribution in [2.45, 2.75) is 51.3 Å². The van der Waals surface area contributed by atoms with Gasteiger partial charge in [-0.2, -0.15) is 0 Å². The van der Waals surface area contributed by atoms with Gasteiger partial charge in [0.2, 0.25) is 0 Å². The van der Waals surface area contributed by atoms with Crippen LogP contribution in [-0.2, 0) is 0 Å². The fourth-order valence-corrected chi connectivity index (χ4v) is 2.94. The van der Waals surface area contributed by atoms with Crippen molar-refractivity contribution in [3.63, 3.8) is 0 Å². The molecule has 0 spiro atoms. The summed E-state index contributed by atoms with van der Waals surface area (Å²) in [5.74, 6) is 0.160. The number of imide groups is 1. The van der Waals surface area contributed by atoms with E-state index in [1.165, 1.54) is 4.90 Å². The molecule has 22 heavy (non-hydrogen) atoms. The van der Waals surface area contributed by atoms with Gasteiger partial charge in [0.1, 0.15) is 0 Å². The highest BCUT2D eigenvalue weighted by atomic mass is 35.5. The molecule has 1 heterocycles. The number of hydrogen-bond acceptors (Lipinski definition) is 2. The van der Waals surface area contributed by atoms with Crippen LogP contribution in [0.2, 0.25) is 0 Å². The fraction of sp³-hybridized carbons (Fsp3) is 0.556. The summed E-state index contributed by atoms with van der Waals surface area (Å²) in [5, 5.41) is 0. The number of amides is 2. The number of nitrogens with zero attached hydrogens (tertiary/aromatic N) is 1. The average Bonchev–Trinajstić information content (AvgIpc) is 2.68. The Balaban J connectivity index is 1.83. The normalized spacial score (nSPS) is 16.1. The van der Waals surface area contributed by atoms with Crippen LogP contribution in [0.15, 0.2) is 24.3 Å². The van der Waals surface area contributed by atoms with E-state index in [9.17, 15) is 9.59 Å². The number of alkyl halides is 1. The lowest BCUT2D eigenvalue weighted by atomic mass is 9.97. The third-order valence-corrected chi connectivity index (χ3v) is 4.38. The molecule has 0 bridgehead atoms. The summed E-state index contributed by atoms with van der Waals surface area (Å²) in [7, 11) is 0. The Morgan fingerprint density at radius 1 is 1.09 bits per heavy atom. The van der Waals surface area contributed by atoms with Crippen molar-refractivity contribution in [2.75, 3.05) is 6.54 Å². The number of rotatable bonds is 7. The first-order valence-corrected chi connectivity index (χ1v) is 8.31. The van der Waals surface area contributed by atoms with E-state index in [0.717, 1.165) is 25.7 Å². The Kier molecular flexibility index (Phi) is 5.28. The molecule has 1 atom stereocenters. The second kappa shape index (κ2) is 6.82. The summed E-state index contributed by atoms with van der Waals surface area (Å²) in [4.78, 5) is 25.7. The number of carbonyl (C=O) groups excluding carboxylic acids is 2. The van der Waals surface area contributed by atoms with E-state index in [1.54, 1.807) is 24.3 Å². The summed E-state index contributed by atoms with van der Waals surface area (Å²) in [6.45, 7) is 6.72. The van der Waals surface area contributed by atoms with Crippen LogP contribution in [-0.4, -0.2) is 28.1 Å². The first-order valence-electron chi connectivity index (χ1n) is 7.94. The average molecular weight is 322 g/mol. The zero-order chi connectivity index (χ0) is 16.3. The van der Waals surface area contributed by atoms with Crippen LogP contribution in [0.25, 0.3) is 0 Å². The predicted octanol–water partition coefficient (Wildman–Crippen LogP) is 4.50. The molecule has 120 valence electrons. The van der Waals surface area contributed by atoms with Gasteiger partial charge in [0.15, 0.2) is 0 Å². The van der Waals surface area contributed by atoms with E-state index in [4.69, 9.17) is 11.6 Å². The van der Waals surface area contributed by atoms with Gasteiger partial charge in [-0.05, 0) is 44.7 Å². The van der Waals surface area contributed by atoms with Crippen LogP contribution in [0.1, 0.15) is 67.2 Å². The molecule has 3 nitrogen and oxygen atoms in total. The molecule has 0 saturated carbocycles. The number of fused-ring (bicyclic) bond motifs is 1. The minimum absolute atomic E-state index is 0.151. The standard InChI is InChI=1S/C18H24ClNO2/c1-13(7-6-11-18(2,3)19)10-12-20-16(21)14-8-4-5-9-15(14)17(20)22/h4-5,8-9,13H,6-7,10-12H2,1-3H3. The maximum atomic E-state index is 12.3. The smallest absolute Gasteiger partial charge is 0.261 e. The van der Waals surface area contributed by atoms with Gasteiger partial charge < -0.3 is 0 Å². The van der Waals surface area contributed by atoms with Gasteiger partial charge in [0.05, 0.1) is 11.1 Å². The molecule has 2 rings (SSSR count). The van der Waals surface area contributed by atoms with Crippen molar-refractivity contribution in [1.29, 1.82) is 0 Å². The van der Waals surface area contributed by atoms with Crippen molar-refractivity contribution in [1.82, 2.24) is 4.90 Å². The van der Waals surface area contributed by atoms with Crippen LogP contribution in [0.5, 0.6) is 0 Å². The second-order valence-electron chi connectivity index (χ2n) is 6.81. The molecule has 2 amide bonds. The van der Waals surface area contributed by atoms with Crippen LogP contribution in [0, 0.1) is 5.92 Å². The molecule has 0 aromatic heterocycles. The molecule has 0 saturated heterocycles. The summed E-state index contributed by atoms with van der Waals surface area (Å²) in [6.07, 6.45) is 3.96. The van der Waals surface area contributed by atoms with Crippen molar-refractivity contribution in [3.8, 4) is 0 Å². The Bertz CT molecular complexity index is 527. The van der Waals surface area contributed by atoms with Crippen molar-refractivity contribution in [2.24, 2.45) is 5.92 Å². The Labute approximate surface area is 137 Å². The van der Waals surface area contributed by atoms with Crippen LogP contribution in [0.3, 0.4) is 0 Å². The van der Waals surface area contributed by atoms with E-state index < -0.39 is 0 Å². The number of hydrogen-bond donors (Lipinski definition) is 0. The molecule has 0 radical (unpaired) electrons. The topological polar surface area (TPSA) is 37.4 Å². The van der Waals surface area contributed by atoms with Crippen LogP contribution >= 0.6 is 11.6 Å². The lowest BCUT2D eigenvalue weighted by molar-refractivity contribution is 0.0646. The number of benzene rings is 1. The van der Waals surface area contributed by atoms with Gasteiger partial charge in [-0.25, -0.2) is 0 Å². The first-order chi connectivity index (χ1) is 10.3. The zero-order valence-electron chi connectivity index (χ0n) is 13.6. The van der Waals surface area contributed by atoms with Crippen molar-refractivity contribution >= 4 is 23.4 Å². The van der Waals surface area contributed by atoms with E-state index in [0.29, 0.717) is 23.6 Å². The van der Waals surface area contributed by atoms with Crippen LogP contribution < -0.4 is 0 Å².